The molecule has 1 N–H and O–H groups in total. The Hall–Kier alpha value is -2.21. The monoisotopic (exact) mass is 347 g/mol. The van der Waals surface area contributed by atoms with Crippen molar-refractivity contribution >= 4 is 32.8 Å². The molecule has 0 amide bonds. The van der Waals surface area contributed by atoms with E-state index in [1.165, 1.54) is 6.07 Å². The number of hydrogen-bond acceptors (Lipinski definition) is 4. The second-order valence-corrected chi connectivity index (χ2v) is 5.15. The van der Waals surface area contributed by atoms with Crippen LogP contribution in [0.1, 0.15) is 0 Å². The zero-order valence-electron chi connectivity index (χ0n) is 11.1. The number of benzene rings is 2. The standard InChI is InChI=1S/C15H11BrFN3O/c1-18-15-19-13-5-3-2-4-10(13)14(20-15)21-9-6-7-11(16)12(17)8-9/h2-8H,1H3,(H,18,19,20). The lowest BCUT2D eigenvalue weighted by Crippen LogP contribution is -1.99. The van der Waals surface area contributed by atoms with Crippen LogP contribution in [0.5, 0.6) is 11.6 Å². The Morgan fingerprint density at radius 1 is 1.14 bits per heavy atom. The fourth-order valence-electron chi connectivity index (χ4n) is 1.89. The molecule has 3 aromatic rings. The van der Waals surface area contributed by atoms with Crippen molar-refractivity contribution in [2.75, 3.05) is 12.4 Å². The highest BCUT2D eigenvalue weighted by Gasteiger charge is 2.10. The first-order valence-corrected chi connectivity index (χ1v) is 7.04. The van der Waals surface area contributed by atoms with Crippen molar-refractivity contribution in [2.45, 2.75) is 0 Å². The lowest BCUT2D eigenvalue weighted by Gasteiger charge is -2.10. The van der Waals surface area contributed by atoms with Crippen LogP contribution in [0.2, 0.25) is 0 Å². The van der Waals surface area contributed by atoms with Gasteiger partial charge in [0.1, 0.15) is 11.6 Å². The van der Waals surface area contributed by atoms with Crippen LogP contribution < -0.4 is 10.1 Å². The summed E-state index contributed by atoms with van der Waals surface area (Å²) in [7, 11) is 1.73. The molecule has 6 heteroatoms. The quantitative estimate of drug-likeness (QED) is 0.764. The number of anilines is 1. The van der Waals surface area contributed by atoms with Crippen LogP contribution in [0, 0.1) is 5.82 Å². The minimum absolute atomic E-state index is 0.376. The van der Waals surface area contributed by atoms with Gasteiger partial charge in [-0.2, -0.15) is 4.98 Å². The van der Waals surface area contributed by atoms with Gasteiger partial charge in [-0.05, 0) is 40.2 Å². The molecule has 0 unspecified atom stereocenters. The molecule has 0 aliphatic carbocycles. The van der Waals surface area contributed by atoms with Gasteiger partial charge in [-0.3, -0.25) is 0 Å². The Balaban J connectivity index is 2.08. The Labute approximate surface area is 129 Å². The molecule has 21 heavy (non-hydrogen) atoms. The summed E-state index contributed by atoms with van der Waals surface area (Å²) >= 11 is 3.11. The van der Waals surface area contributed by atoms with Crippen LogP contribution in [0.15, 0.2) is 46.9 Å². The highest BCUT2D eigenvalue weighted by atomic mass is 79.9. The number of nitrogens with one attached hydrogen (secondary N) is 1. The molecule has 1 heterocycles. The van der Waals surface area contributed by atoms with E-state index in [1.807, 2.05) is 24.3 Å². The molecular formula is C15H11BrFN3O. The molecule has 0 bridgehead atoms. The van der Waals surface area contributed by atoms with Gasteiger partial charge in [-0.15, -0.1) is 0 Å². The molecule has 3 rings (SSSR count). The van der Waals surface area contributed by atoms with Gasteiger partial charge in [0.25, 0.3) is 0 Å². The normalized spacial score (nSPS) is 10.6. The minimum atomic E-state index is -0.389. The minimum Gasteiger partial charge on any atom is -0.438 e. The SMILES string of the molecule is CNc1nc(Oc2ccc(Br)c(F)c2)c2ccccc2n1. The smallest absolute Gasteiger partial charge is 0.231 e. The van der Waals surface area contributed by atoms with Gasteiger partial charge in [0, 0.05) is 13.1 Å². The third kappa shape index (κ3) is 2.80. The summed E-state index contributed by atoms with van der Waals surface area (Å²) in [6, 6.07) is 12.1. The van der Waals surface area contributed by atoms with E-state index in [-0.39, 0.29) is 5.82 Å². The van der Waals surface area contributed by atoms with Crippen molar-refractivity contribution in [1.29, 1.82) is 0 Å². The van der Waals surface area contributed by atoms with Crippen molar-refractivity contribution in [3.05, 3.63) is 52.8 Å². The van der Waals surface area contributed by atoms with Crippen LogP contribution in [-0.2, 0) is 0 Å². The van der Waals surface area contributed by atoms with Gasteiger partial charge in [0.2, 0.25) is 11.8 Å². The van der Waals surface area contributed by atoms with E-state index in [2.05, 4.69) is 31.2 Å². The Morgan fingerprint density at radius 2 is 1.95 bits per heavy atom. The summed E-state index contributed by atoms with van der Waals surface area (Å²) in [5.41, 5.74) is 0.754. The van der Waals surface area contributed by atoms with Crippen molar-refractivity contribution in [1.82, 2.24) is 9.97 Å². The maximum atomic E-state index is 13.6. The molecule has 0 radical (unpaired) electrons. The van der Waals surface area contributed by atoms with Gasteiger partial charge in [0.15, 0.2) is 0 Å². The molecular weight excluding hydrogens is 337 g/mol. The van der Waals surface area contributed by atoms with E-state index in [0.717, 1.165) is 10.9 Å². The third-order valence-corrected chi connectivity index (χ3v) is 3.54. The number of hydrogen-bond donors (Lipinski definition) is 1. The van der Waals surface area contributed by atoms with E-state index in [1.54, 1.807) is 19.2 Å². The summed E-state index contributed by atoms with van der Waals surface area (Å²) < 4.78 is 19.7. The van der Waals surface area contributed by atoms with Crippen LogP contribution in [0.4, 0.5) is 10.3 Å². The van der Waals surface area contributed by atoms with Gasteiger partial charge in [0.05, 0.1) is 15.4 Å². The fraction of sp³-hybridized carbons (Fsp3) is 0.0667. The summed E-state index contributed by atoms with van der Waals surface area (Å²) in [6.07, 6.45) is 0. The van der Waals surface area contributed by atoms with E-state index < -0.39 is 0 Å². The summed E-state index contributed by atoms with van der Waals surface area (Å²) in [5.74, 6) is 0.814. The average molecular weight is 348 g/mol. The van der Waals surface area contributed by atoms with Crippen molar-refractivity contribution < 1.29 is 9.13 Å². The molecule has 0 atom stereocenters. The van der Waals surface area contributed by atoms with Crippen LogP contribution in [0.3, 0.4) is 0 Å². The largest absolute Gasteiger partial charge is 0.438 e. The lowest BCUT2D eigenvalue weighted by atomic mass is 10.2. The van der Waals surface area contributed by atoms with Crippen molar-refractivity contribution in [2.24, 2.45) is 0 Å². The second kappa shape index (κ2) is 5.65. The first kappa shape index (κ1) is 13.8. The third-order valence-electron chi connectivity index (χ3n) is 2.90. The first-order chi connectivity index (χ1) is 10.2. The average Bonchev–Trinajstić information content (AvgIpc) is 2.51. The number of fused-ring (bicyclic) bond motifs is 1. The molecule has 0 spiro atoms. The lowest BCUT2D eigenvalue weighted by molar-refractivity contribution is 0.463. The molecule has 0 aliphatic rings. The molecule has 0 aliphatic heterocycles. The molecule has 4 nitrogen and oxygen atoms in total. The van der Waals surface area contributed by atoms with Gasteiger partial charge in [-0.25, -0.2) is 9.37 Å². The Morgan fingerprint density at radius 3 is 2.71 bits per heavy atom. The predicted molar refractivity (Wildman–Crippen MR) is 83.3 cm³/mol. The Kier molecular flexibility index (Phi) is 3.70. The number of halogens is 2. The maximum absolute atomic E-state index is 13.6. The summed E-state index contributed by atoms with van der Waals surface area (Å²) in [4.78, 5) is 8.63. The van der Waals surface area contributed by atoms with E-state index >= 15 is 0 Å². The topological polar surface area (TPSA) is 47.0 Å². The molecule has 0 fully saturated rings. The fourth-order valence-corrected chi connectivity index (χ4v) is 2.14. The highest BCUT2D eigenvalue weighted by molar-refractivity contribution is 9.10. The second-order valence-electron chi connectivity index (χ2n) is 4.30. The molecule has 2 aromatic carbocycles. The van der Waals surface area contributed by atoms with E-state index in [4.69, 9.17) is 4.74 Å². The predicted octanol–water partition coefficient (Wildman–Crippen LogP) is 4.37. The number of ether oxygens (including phenoxy) is 1. The van der Waals surface area contributed by atoms with Gasteiger partial charge >= 0.3 is 0 Å². The molecule has 0 saturated carbocycles. The maximum Gasteiger partial charge on any atom is 0.231 e. The summed E-state index contributed by atoms with van der Waals surface area (Å²) in [6.45, 7) is 0. The Bertz CT molecular complexity index is 810. The first-order valence-electron chi connectivity index (χ1n) is 6.25. The van der Waals surface area contributed by atoms with E-state index in [0.29, 0.717) is 22.1 Å². The number of rotatable bonds is 3. The van der Waals surface area contributed by atoms with Crippen LogP contribution >= 0.6 is 15.9 Å². The highest BCUT2D eigenvalue weighted by Crippen LogP contribution is 2.30. The van der Waals surface area contributed by atoms with Crippen molar-refractivity contribution in [3.8, 4) is 11.6 Å². The van der Waals surface area contributed by atoms with Crippen molar-refractivity contribution in [3.63, 3.8) is 0 Å². The van der Waals surface area contributed by atoms with Gasteiger partial charge < -0.3 is 10.1 Å². The number of para-hydroxylation sites is 1. The zero-order chi connectivity index (χ0) is 14.8. The number of aromatic nitrogens is 2. The van der Waals surface area contributed by atoms with Crippen LogP contribution in [-0.4, -0.2) is 17.0 Å². The molecule has 1 aromatic heterocycles. The van der Waals surface area contributed by atoms with Crippen LogP contribution in [0.25, 0.3) is 10.9 Å². The molecule has 106 valence electrons. The molecule has 0 saturated heterocycles. The van der Waals surface area contributed by atoms with Gasteiger partial charge in [-0.1, -0.05) is 12.1 Å². The van der Waals surface area contributed by atoms with E-state index in [9.17, 15) is 4.39 Å². The summed E-state index contributed by atoms with van der Waals surface area (Å²) in [5, 5.41) is 3.65. The number of nitrogens with zero attached hydrogens (tertiary/aromatic N) is 2. The zero-order valence-corrected chi connectivity index (χ0v) is 12.7.